The number of amides is 1. The molecule has 0 spiro atoms. The van der Waals surface area contributed by atoms with E-state index >= 15 is 0 Å². The average Bonchev–Trinajstić information content (AvgIpc) is 2.68. The van der Waals surface area contributed by atoms with Crippen LogP contribution in [0.25, 0.3) is 0 Å². The van der Waals surface area contributed by atoms with E-state index in [4.69, 9.17) is 4.74 Å². The first-order chi connectivity index (χ1) is 10.4. The van der Waals surface area contributed by atoms with Gasteiger partial charge in [0.1, 0.15) is 0 Å². The Labute approximate surface area is 128 Å². The van der Waals surface area contributed by atoms with Gasteiger partial charge in [0.05, 0.1) is 18.1 Å². The largest absolute Gasteiger partial charge is 0.490 e. The Morgan fingerprint density at radius 2 is 2.14 bits per heavy atom. The molecule has 1 heterocycles. The van der Waals surface area contributed by atoms with Gasteiger partial charge in [-0.2, -0.15) is 0 Å². The summed E-state index contributed by atoms with van der Waals surface area (Å²) in [4.78, 5) is 25.4. The zero-order chi connectivity index (χ0) is 16.3. The van der Waals surface area contributed by atoms with E-state index in [1.807, 2.05) is 4.90 Å². The summed E-state index contributed by atoms with van der Waals surface area (Å²) in [7, 11) is 1.38. The van der Waals surface area contributed by atoms with E-state index in [2.05, 4.69) is 0 Å². The third-order valence-electron chi connectivity index (χ3n) is 3.67. The van der Waals surface area contributed by atoms with E-state index in [0.29, 0.717) is 25.3 Å². The molecule has 0 bridgehead atoms. The topological polar surface area (TPSA) is 96.2 Å². The molecular weight excluding hydrogens is 290 g/mol. The molecule has 120 valence electrons. The van der Waals surface area contributed by atoms with Gasteiger partial charge in [-0.1, -0.05) is 0 Å². The first-order valence-corrected chi connectivity index (χ1v) is 6.93. The third-order valence-corrected chi connectivity index (χ3v) is 3.67. The van der Waals surface area contributed by atoms with Crippen LogP contribution in [-0.4, -0.2) is 60.2 Å². The first-order valence-electron chi connectivity index (χ1n) is 6.93. The number of hydrogen-bond donors (Lipinski definition) is 1. The van der Waals surface area contributed by atoms with Crippen molar-refractivity contribution in [1.29, 1.82) is 0 Å². The van der Waals surface area contributed by atoms with Gasteiger partial charge in [0.2, 0.25) is 5.91 Å². The van der Waals surface area contributed by atoms with Gasteiger partial charge in [0.25, 0.3) is 0 Å². The van der Waals surface area contributed by atoms with Crippen LogP contribution in [0, 0.1) is 10.1 Å². The predicted molar refractivity (Wildman–Crippen MR) is 80.1 cm³/mol. The fraction of sp³-hybridized carbons (Fsp3) is 0.500. The number of benzene rings is 1. The van der Waals surface area contributed by atoms with Crippen molar-refractivity contribution >= 4 is 17.3 Å². The van der Waals surface area contributed by atoms with Crippen LogP contribution in [0.3, 0.4) is 0 Å². The highest BCUT2D eigenvalue weighted by Gasteiger charge is 2.24. The van der Waals surface area contributed by atoms with Gasteiger partial charge in [0.15, 0.2) is 5.75 Å². The minimum atomic E-state index is -0.674. The maximum absolute atomic E-state index is 11.5. The number of nitro benzene ring substituents is 1. The van der Waals surface area contributed by atoms with Gasteiger partial charge in [-0.05, 0) is 6.07 Å². The SMILES string of the molecule is COc1cc(N2CCN(C(C)=O)CC(O)C2)ccc1[N+](=O)[O-]. The molecule has 1 aliphatic rings. The Bertz CT molecular complexity index is 578. The first kappa shape index (κ1) is 16.0. The number of rotatable bonds is 3. The number of carbonyl (C=O) groups excluding carboxylic acids is 1. The lowest BCUT2D eigenvalue weighted by Gasteiger charge is -2.24. The molecule has 2 rings (SSSR count). The average molecular weight is 309 g/mol. The number of hydrogen-bond acceptors (Lipinski definition) is 6. The van der Waals surface area contributed by atoms with E-state index in [0.717, 1.165) is 0 Å². The summed E-state index contributed by atoms with van der Waals surface area (Å²) in [6, 6.07) is 4.58. The van der Waals surface area contributed by atoms with Gasteiger partial charge in [-0.3, -0.25) is 14.9 Å². The summed E-state index contributed by atoms with van der Waals surface area (Å²) in [5.74, 6) is 0.0897. The van der Waals surface area contributed by atoms with E-state index in [1.54, 1.807) is 17.0 Å². The fourth-order valence-corrected chi connectivity index (χ4v) is 2.52. The molecule has 0 saturated carbocycles. The Kier molecular flexibility index (Phi) is 4.81. The maximum Gasteiger partial charge on any atom is 0.311 e. The molecule has 0 aliphatic carbocycles. The number of carbonyl (C=O) groups is 1. The number of aliphatic hydroxyl groups is 1. The van der Waals surface area contributed by atoms with Crippen LogP contribution in [0.15, 0.2) is 18.2 Å². The predicted octanol–water partition coefficient (Wildman–Crippen LogP) is 0.633. The molecule has 22 heavy (non-hydrogen) atoms. The summed E-state index contributed by atoms with van der Waals surface area (Å²) in [5.41, 5.74) is 0.610. The quantitative estimate of drug-likeness (QED) is 0.650. The lowest BCUT2D eigenvalue weighted by Crippen LogP contribution is -2.36. The molecule has 1 amide bonds. The minimum Gasteiger partial charge on any atom is -0.490 e. The van der Waals surface area contributed by atoms with Crippen molar-refractivity contribution in [2.75, 3.05) is 38.2 Å². The van der Waals surface area contributed by atoms with Gasteiger partial charge in [-0.25, -0.2) is 0 Å². The molecule has 0 radical (unpaired) electrons. The molecular formula is C14H19N3O5. The summed E-state index contributed by atoms with van der Waals surface area (Å²) in [6.07, 6.45) is -0.674. The van der Waals surface area contributed by atoms with E-state index in [9.17, 15) is 20.0 Å². The Morgan fingerprint density at radius 1 is 1.41 bits per heavy atom. The van der Waals surface area contributed by atoms with E-state index in [1.165, 1.54) is 20.1 Å². The Balaban J connectivity index is 2.24. The molecule has 1 aromatic rings. The van der Waals surface area contributed by atoms with Crippen molar-refractivity contribution < 1.29 is 19.6 Å². The van der Waals surface area contributed by atoms with E-state index in [-0.39, 0.29) is 23.9 Å². The van der Waals surface area contributed by atoms with Crippen molar-refractivity contribution in [2.24, 2.45) is 0 Å². The van der Waals surface area contributed by atoms with Crippen LogP contribution < -0.4 is 9.64 Å². The second-order valence-corrected chi connectivity index (χ2v) is 5.18. The summed E-state index contributed by atoms with van der Waals surface area (Å²) < 4.78 is 5.06. The minimum absolute atomic E-state index is 0.0813. The van der Waals surface area contributed by atoms with Crippen molar-refractivity contribution in [3.05, 3.63) is 28.3 Å². The number of aliphatic hydroxyl groups excluding tert-OH is 1. The van der Waals surface area contributed by atoms with Crippen LogP contribution in [0.1, 0.15) is 6.92 Å². The lowest BCUT2D eigenvalue weighted by molar-refractivity contribution is -0.385. The molecule has 1 unspecified atom stereocenters. The highest BCUT2D eigenvalue weighted by atomic mass is 16.6. The number of nitro groups is 1. The number of nitrogens with zero attached hydrogens (tertiary/aromatic N) is 3. The van der Waals surface area contributed by atoms with E-state index < -0.39 is 11.0 Å². The smallest absolute Gasteiger partial charge is 0.311 e. The monoisotopic (exact) mass is 309 g/mol. The molecule has 1 atom stereocenters. The number of methoxy groups -OCH3 is 1. The van der Waals surface area contributed by atoms with Gasteiger partial charge in [0, 0.05) is 50.9 Å². The molecule has 1 fully saturated rings. The van der Waals surface area contributed by atoms with Crippen LogP contribution in [0.2, 0.25) is 0 Å². The fourth-order valence-electron chi connectivity index (χ4n) is 2.52. The van der Waals surface area contributed by atoms with Crippen LogP contribution in [-0.2, 0) is 4.79 Å². The van der Waals surface area contributed by atoms with Crippen LogP contribution in [0.5, 0.6) is 5.75 Å². The number of anilines is 1. The number of β-amino-alcohol motifs (C(OH)–C–C–N with tert-alkyl or cyclic N) is 1. The molecule has 8 nitrogen and oxygen atoms in total. The van der Waals surface area contributed by atoms with Crippen LogP contribution >= 0.6 is 0 Å². The van der Waals surface area contributed by atoms with Crippen molar-refractivity contribution in [1.82, 2.24) is 4.90 Å². The third kappa shape index (κ3) is 3.45. The van der Waals surface area contributed by atoms with Crippen LogP contribution in [0.4, 0.5) is 11.4 Å². The molecule has 8 heteroatoms. The zero-order valence-corrected chi connectivity index (χ0v) is 12.6. The lowest BCUT2D eigenvalue weighted by atomic mass is 10.2. The highest BCUT2D eigenvalue weighted by Crippen LogP contribution is 2.31. The van der Waals surface area contributed by atoms with Gasteiger partial charge < -0.3 is 19.6 Å². The summed E-state index contributed by atoms with van der Waals surface area (Å²) in [5, 5.41) is 21.0. The molecule has 0 aromatic heterocycles. The molecule has 1 saturated heterocycles. The van der Waals surface area contributed by atoms with Crippen molar-refractivity contribution in [2.45, 2.75) is 13.0 Å². The second-order valence-electron chi connectivity index (χ2n) is 5.18. The second kappa shape index (κ2) is 6.61. The highest BCUT2D eigenvalue weighted by molar-refractivity contribution is 5.73. The summed E-state index contributed by atoms with van der Waals surface area (Å²) in [6.45, 7) is 3.14. The van der Waals surface area contributed by atoms with Gasteiger partial charge in [-0.15, -0.1) is 0 Å². The van der Waals surface area contributed by atoms with Crippen molar-refractivity contribution in [3.63, 3.8) is 0 Å². The molecule has 1 aliphatic heterocycles. The maximum atomic E-state index is 11.5. The summed E-state index contributed by atoms with van der Waals surface area (Å²) >= 11 is 0. The Morgan fingerprint density at radius 3 is 2.73 bits per heavy atom. The molecule has 1 N–H and O–H groups in total. The Hall–Kier alpha value is -2.35. The van der Waals surface area contributed by atoms with Crippen molar-refractivity contribution in [3.8, 4) is 5.75 Å². The molecule has 1 aromatic carbocycles. The normalized spacial score (nSPS) is 18.8. The number of ether oxygens (including phenoxy) is 1. The standard InChI is InChI=1S/C14H19N3O5/c1-10(18)15-5-6-16(9-12(19)8-15)11-3-4-13(17(20)21)14(7-11)22-2/h3-4,7,12,19H,5-6,8-9H2,1-2H3. The van der Waals surface area contributed by atoms with Gasteiger partial charge >= 0.3 is 5.69 Å². The zero-order valence-electron chi connectivity index (χ0n) is 12.6.